The van der Waals surface area contributed by atoms with Crippen molar-refractivity contribution in [1.82, 2.24) is 0 Å². The van der Waals surface area contributed by atoms with E-state index >= 15 is 0 Å². The van der Waals surface area contributed by atoms with Crippen molar-refractivity contribution in [3.63, 3.8) is 0 Å². The summed E-state index contributed by atoms with van der Waals surface area (Å²) in [5.41, 5.74) is 9.17. The third-order valence-electron chi connectivity index (χ3n) is 14.8. The summed E-state index contributed by atoms with van der Waals surface area (Å²) in [5.74, 6) is 0.762. The maximum Gasteiger partial charge on any atom is 0.143 e. The average Bonchev–Trinajstić information content (AvgIpc) is 3.54. The summed E-state index contributed by atoms with van der Waals surface area (Å²) >= 11 is 12.7. The Morgan fingerprint density at radius 1 is 0.390 bits per heavy atom. The van der Waals surface area contributed by atoms with Crippen molar-refractivity contribution in [2.24, 2.45) is 20.0 Å². The number of fused-ring (bicyclic) bond motifs is 2. The van der Waals surface area contributed by atoms with Gasteiger partial charge in [-0.15, -0.1) is 0 Å². The van der Waals surface area contributed by atoms with E-state index < -0.39 is 0 Å². The average molecular weight is 1130 g/mol. The number of ether oxygens (including phenoxy) is 1. The molecular formula is C71H70Cl2N4O5. The van der Waals surface area contributed by atoms with Gasteiger partial charge in [-0.2, -0.15) is 0 Å². The van der Waals surface area contributed by atoms with Gasteiger partial charge in [0.15, 0.2) is 0 Å². The number of phenolic OH excluding ortho intramolecular Hbond substituents is 4. The van der Waals surface area contributed by atoms with Gasteiger partial charge >= 0.3 is 0 Å². The molecule has 9 aromatic rings. The molecule has 0 amide bonds. The molecule has 11 heteroatoms. The van der Waals surface area contributed by atoms with E-state index in [1.807, 2.05) is 115 Å². The number of methoxy groups -OCH3 is 1. The Labute approximate surface area is 491 Å². The van der Waals surface area contributed by atoms with E-state index in [0.717, 1.165) is 60.5 Å². The lowest BCUT2D eigenvalue weighted by atomic mass is 9.79. The zero-order chi connectivity index (χ0) is 59.2. The molecule has 9 aromatic carbocycles. The normalized spacial score (nSPS) is 12.8. The largest absolute Gasteiger partial charge is 0.507 e. The number of aliphatic imine (C=N–C) groups is 4. The SMILES string of the molecule is COc1ccc2ccccc2c1-c1c(O)c(C=Nc2cc(-c3ccc(N=Cc4cc(Cl)cc(Cl)c4O)c(N=Cc4cc(C(C)(C)C)cc(C(C)(C)C)c4O)c3)ccc2N=Cc2cc(C(C)(C)C)cc(C(C)(C)C)c2O)cc2ccccc12. The lowest BCUT2D eigenvalue weighted by molar-refractivity contribution is 0.416. The molecular weight excluding hydrogens is 1060 g/mol. The van der Waals surface area contributed by atoms with Gasteiger partial charge in [-0.05, 0) is 126 Å². The van der Waals surface area contributed by atoms with Crippen molar-refractivity contribution in [1.29, 1.82) is 0 Å². The summed E-state index contributed by atoms with van der Waals surface area (Å²) < 4.78 is 5.99. The second kappa shape index (κ2) is 22.6. The minimum atomic E-state index is -0.369. The van der Waals surface area contributed by atoms with Gasteiger partial charge in [0, 0.05) is 74.4 Å². The van der Waals surface area contributed by atoms with Crippen LogP contribution in [-0.4, -0.2) is 52.4 Å². The zero-order valence-electron chi connectivity index (χ0n) is 48.8. The number of phenols is 4. The van der Waals surface area contributed by atoms with E-state index in [0.29, 0.717) is 61.3 Å². The van der Waals surface area contributed by atoms with Crippen LogP contribution < -0.4 is 4.74 Å². The first-order valence-electron chi connectivity index (χ1n) is 27.3. The van der Waals surface area contributed by atoms with Crippen LogP contribution in [0.1, 0.15) is 128 Å². The quantitative estimate of drug-likeness (QED) is 0.0955. The fraction of sp³-hybridized carbons (Fsp3) is 0.239. The molecule has 0 bridgehead atoms. The van der Waals surface area contributed by atoms with E-state index in [-0.39, 0.29) is 49.7 Å². The first kappa shape index (κ1) is 58.4. The first-order valence-corrected chi connectivity index (χ1v) is 28.1. The highest BCUT2D eigenvalue weighted by Crippen LogP contribution is 2.48. The molecule has 0 aliphatic rings. The van der Waals surface area contributed by atoms with E-state index in [1.54, 1.807) is 31.8 Å². The molecule has 0 aliphatic carbocycles. The van der Waals surface area contributed by atoms with Crippen LogP contribution in [0.5, 0.6) is 28.7 Å². The highest BCUT2D eigenvalue weighted by atomic mass is 35.5. The number of hydrogen-bond donors (Lipinski definition) is 4. The number of benzene rings is 9. The van der Waals surface area contributed by atoms with E-state index in [9.17, 15) is 20.4 Å². The third kappa shape index (κ3) is 12.3. The molecule has 0 unspecified atom stereocenters. The summed E-state index contributed by atoms with van der Waals surface area (Å²) in [6, 6.07) is 44.4. The van der Waals surface area contributed by atoms with Crippen molar-refractivity contribution < 1.29 is 25.2 Å². The maximum atomic E-state index is 12.6. The number of halogens is 2. The molecule has 0 aromatic heterocycles. The zero-order valence-corrected chi connectivity index (χ0v) is 50.3. The summed E-state index contributed by atoms with van der Waals surface area (Å²) in [6.45, 7) is 25.3. The van der Waals surface area contributed by atoms with Gasteiger partial charge in [0.05, 0.1) is 34.9 Å². The van der Waals surface area contributed by atoms with Crippen LogP contribution >= 0.6 is 23.2 Å². The van der Waals surface area contributed by atoms with Crippen LogP contribution in [0.25, 0.3) is 43.8 Å². The molecule has 0 atom stereocenters. The molecule has 9 nitrogen and oxygen atoms in total. The molecule has 0 saturated heterocycles. The van der Waals surface area contributed by atoms with Gasteiger partial charge in [-0.3, -0.25) is 20.0 Å². The van der Waals surface area contributed by atoms with Crippen LogP contribution in [0.4, 0.5) is 22.7 Å². The Morgan fingerprint density at radius 2 is 0.817 bits per heavy atom. The van der Waals surface area contributed by atoms with E-state index in [1.165, 1.54) is 12.3 Å². The Morgan fingerprint density at radius 3 is 1.28 bits per heavy atom. The van der Waals surface area contributed by atoms with Crippen LogP contribution in [-0.2, 0) is 21.7 Å². The van der Waals surface area contributed by atoms with Crippen LogP contribution in [0, 0.1) is 0 Å². The number of hydrogen-bond acceptors (Lipinski definition) is 9. The molecule has 82 heavy (non-hydrogen) atoms. The highest BCUT2D eigenvalue weighted by Gasteiger charge is 2.27. The topological polar surface area (TPSA) is 140 Å². The lowest BCUT2D eigenvalue weighted by Crippen LogP contribution is -2.17. The maximum absolute atomic E-state index is 12.6. The first-order chi connectivity index (χ1) is 38.6. The van der Waals surface area contributed by atoms with Gasteiger partial charge in [-0.25, -0.2) is 0 Å². The predicted octanol–water partition coefficient (Wildman–Crippen LogP) is 19.7. The van der Waals surface area contributed by atoms with Crippen molar-refractivity contribution in [3.05, 3.63) is 194 Å². The van der Waals surface area contributed by atoms with Crippen molar-refractivity contribution in [2.75, 3.05) is 7.11 Å². The molecule has 0 fully saturated rings. The van der Waals surface area contributed by atoms with Gasteiger partial charge < -0.3 is 25.2 Å². The second-order valence-electron chi connectivity index (χ2n) is 25.0. The molecule has 4 N–H and O–H groups in total. The Hall–Kier alpha value is -8.24. The molecule has 0 spiro atoms. The molecule has 0 radical (unpaired) electrons. The second-order valence-corrected chi connectivity index (χ2v) is 25.8. The van der Waals surface area contributed by atoms with Gasteiger partial charge in [0.2, 0.25) is 0 Å². The Balaban J connectivity index is 1.25. The monoisotopic (exact) mass is 1130 g/mol. The fourth-order valence-electron chi connectivity index (χ4n) is 9.98. The van der Waals surface area contributed by atoms with Crippen molar-refractivity contribution in [2.45, 2.75) is 105 Å². The molecule has 0 heterocycles. The standard InChI is InChI=1S/C71H70Cl2N4O5/c1-68(2,3)49-29-46(64(78)54(34-49)70(7,8)9)38-74-57-25-22-42(32-59(57)76-37-45-28-44-19-15-17-21-53(44)63(67(45)81)62-52-20-16-14-18-41(52)24-27-61(62)82-13)43-23-26-58(75-40-48-31-51(72)36-56(73)66(48)80)60(33-43)77-39-47-30-50(69(4,5)6)35-55(65(47)79)71(10,11)12/h14-40,78-81H,1-13H3. The fourth-order valence-corrected chi connectivity index (χ4v) is 10.5. The third-order valence-corrected chi connectivity index (χ3v) is 15.3. The molecule has 418 valence electrons. The summed E-state index contributed by atoms with van der Waals surface area (Å²) in [4.78, 5) is 20.1. The Bertz CT molecular complexity index is 4090. The highest BCUT2D eigenvalue weighted by molar-refractivity contribution is 6.36. The minimum absolute atomic E-state index is 0.0256. The summed E-state index contributed by atoms with van der Waals surface area (Å²) in [7, 11) is 1.63. The molecule has 9 rings (SSSR count). The van der Waals surface area contributed by atoms with Crippen molar-refractivity contribution in [3.8, 4) is 51.0 Å². The van der Waals surface area contributed by atoms with Gasteiger partial charge in [0.1, 0.15) is 28.7 Å². The van der Waals surface area contributed by atoms with Crippen molar-refractivity contribution >= 4 is 92.4 Å². The Kier molecular flexibility index (Phi) is 16.1. The number of rotatable bonds is 11. The summed E-state index contributed by atoms with van der Waals surface area (Å²) in [5, 5.41) is 51.2. The predicted molar refractivity (Wildman–Crippen MR) is 345 cm³/mol. The minimum Gasteiger partial charge on any atom is -0.507 e. The molecule has 0 saturated carbocycles. The van der Waals surface area contributed by atoms with E-state index in [4.69, 9.17) is 47.9 Å². The van der Waals surface area contributed by atoms with Crippen LogP contribution in [0.3, 0.4) is 0 Å². The van der Waals surface area contributed by atoms with Gasteiger partial charge in [0.25, 0.3) is 0 Å². The number of nitrogens with zero attached hydrogens (tertiary/aromatic N) is 4. The smallest absolute Gasteiger partial charge is 0.143 e. The molecule has 0 aliphatic heterocycles. The number of aromatic hydroxyl groups is 4. The lowest BCUT2D eigenvalue weighted by Gasteiger charge is -2.27. The van der Waals surface area contributed by atoms with Crippen LogP contribution in [0.2, 0.25) is 10.0 Å². The van der Waals surface area contributed by atoms with Gasteiger partial charge in [-0.1, -0.05) is 185 Å². The van der Waals surface area contributed by atoms with Crippen LogP contribution in [0.15, 0.2) is 159 Å². The van der Waals surface area contributed by atoms with E-state index in [2.05, 4.69) is 95.2 Å². The summed E-state index contributed by atoms with van der Waals surface area (Å²) in [6.07, 6.45) is 6.49.